The summed E-state index contributed by atoms with van der Waals surface area (Å²) in [5.74, 6) is 0.729. The van der Waals surface area contributed by atoms with Crippen LogP contribution in [0.4, 0.5) is 5.69 Å². The number of nitrogens with zero attached hydrogens (tertiary/aromatic N) is 1. The molecule has 0 atom stereocenters. The zero-order valence-electron chi connectivity index (χ0n) is 18.0. The van der Waals surface area contributed by atoms with Gasteiger partial charge in [0, 0.05) is 35.6 Å². The van der Waals surface area contributed by atoms with Crippen LogP contribution in [0.15, 0.2) is 54.6 Å². The Morgan fingerprint density at radius 2 is 1.70 bits per heavy atom. The van der Waals surface area contributed by atoms with Gasteiger partial charge < -0.3 is 14.6 Å². The minimum atomic E-state index is -0.0580. The van der Waals surface area contributed by atoms with Crippen LogP contribution in [0.2, 0.25) is 0 Å². The molecule has 1 amide bonds. The highest BCUT2D eigenvalue weighted by atomic mass is 16.5. The lowest BCUT2D eigenvalue weighted by Crippen LogP contribution is -2.15. The summed E-state index contributed by atoms with van der Waals surface area (Å²) >= 11 is 0. The average Bonchev–Trinajstić information content (AvgIpc) is 3.09. The first-order valence-corrected chi connectivity index (χ1v) is 10.2. The van der Waals surface area contributed by atoms with Crippen molar-refractivity contribution in [1.29, 1.82) is 0 Å². The summed E-state index contributed by atoms with van der Waals surface area (Å²) in [4.78, 5) is 24.6. The lowest BCUT2D eigenvalue weighted by molar-refractivity contribution is -0.116. The van der Waals surface area contributed by atoms with Gasteiger partial charge in [0.1, 0.15) is 5.75 Å². The number of ketones is 1. The third-order valence-corrected chi connectivity index (χ3v) is 5.34. The van der Waals surface area contributed by atoms with Gasteiger partial charge in [0.2, 0.25) is 5.91 Å². The molecule has 1 heterocycles. The number of benzene rings is 2. The maximum Gasteiger partial charge on any atom is 0.226 e. The lowest BCUT2D eigenvalue weighted by Gasteiger charge is -2.13. The van der Waals surface area contributed by atoms with Crippen LogP contribution < -0.4 is 10.1 Å². The number of rotatable bonds is 8. The smallest absolute Gasteiger partial charge is 0.226 e. The van der Waals surface area contributed by atoms with Crippen LogP contribution in [-0.4, -0.2) is 23.4 Å². The van der Waals surface area contributed by atoms with Crippen LogP contribution in [0.5, 0.6) is 5.75 Å². The highest BCUT2D eigenvalue weighted by Crippen LogP contribution is 2.28. The normalized spacial score (nSPS) is 10.7. The number of nitrogens with one attached hydrogen (secondary N) is 1. The van der Waals surface area contributed by atoms with Crippen molar-refractivity contribution in [3.63, 3.8) is 0 Å². The summed E-state index contributed by atoms with van der Waals surface area (Å²) < 4.78 is 7.28. The van der Waals surface area contributed by atoms with Gasteiger partial charge in [0.25, 0.3) is 0 Å². The van der Waals surface area contributed by atoms with Crippen molar-refractivity contribution in [2.45, 2.75) is 40.2 Å². The Balaban J connectivity index is 1.79. The molecular weight excluding hydrogens is 376 g/mol. The Hall–Kier alpha value is -3.34. The van der Waals surface area contributed by atoms with Crippen LogP contribution in [0, 0.1) is 6.92 Å². The van der Waals surface area contributed by atoms with E-state index >= 15 is 0 Å². The number of hydrogen-bond donors (Lipinski definition) is 1. The Kier molecular flexibility index (Phi) is 6.72. The zero-order valence-corrected chi connectivity index (χ0v) is 18.0. The molecule has 0 radical (unpaired) electrons. The molecule has 0 saturated heterocycles. The molecule has 3 aromatic rings. The number of carbonyl (C=O) groups excluding carboxylic acids is 2. The van der Waals surface area contributed by atoms with Gasteiger partial charge in [0.05, 0.1) is 7.11 Å². The summed E-state index contributed by atoms with van der Waals surface area (Å²) in [5, 5.41) is 2.95. The van der Waals surface area contributed by atoms with Gasteiger partial charge in [0.15, 0.2) is 5.78 Å². The quantitative estimate of drug-likeness (QED) is 0.521. The monoisotopic (exact) mass is 404 g/mol. The molecule has 5 nitrogen and oxygen atoms in total. The number of ether oxygens (including phenoxy) is 1. The van der Waals surface area contributed by atoms with Crippen molar-refractivity contribution in [3.8, 4) is 17.0 Å². The largest absolute Gasteiger partial charge is 0.497 e. The fourth-order valence-electron chi connectivity index (χ4n) is 3.55. The van der Waals surface area contributed by atoms with E-state index in [-0.39, 0.29) is 11.7 Å². The van der Waals surface area contributed by atoms with Crippen molar-refractivity contribution in [1.82, 2.24) is 4.57 Å². The van der Waals surface area contributed by atoms with Crippen LogP contribution in [-0.2, 0) is 17.8 Å². The Morgan fingerprint density at radius 1 is 1.03 bits per heavy atom. The molecule has 5 heteroatoms. The number of aryl methyl sites for hydroxylation is 1. The molecule has 0 aliphatic heterocycles. The van der Waals surface area contributed by atoms with E-state index in [4.69, 9.17) is 4.74 Å². The van der Waals surface area contributed by atoms with Crippen LogP contribution >= 0.6 is 0 Å². The predicted octanol–water partition coefficient (Wildman–Crippen LogP) is 5.27. The van der Waals surface area contributed by atoms with E-state index in [1.165, 1.54) is 5.56 Å². The molecule has 0 unspecified atom stereocenters. The molecule has 1 aromatic heterocycles. The highest BCUT2D eigenvalue weighted by Gasteiger charge is 2.17. The SMILES string of the molecule is CCc1ccc(NC(=O)CCn2c(-c3ccc(OC)cc3)cc(C(C)=O)c2C)cc1. The van der Waals surface area contributed by atoms with E-state index in [1.54, 1.807) is 14.0 Å². The van der Waals surface area contributed by atoms with Crippen LogP contribution in [0.1, 0.15) is 41.9 Å². The van der Waals surface area contributed by atoms with E-state index in [2.05, 4.69) is 12.2 Å². The van der Waals surface area contributed by atoms with Gasteiger partial charge in [-0.1, -0.05) is 19.1 Å². The van der Waals surface area contributed by atoms with Gasteiger partial charge in [-0.15, -0.1) is 0 Å². The third kappa shape index (κ3) is 4.79. The van der Waals surface area contributed by atoms with Gasteiger partial charge in [-0.05, 0) is 73.9 Å². The van der Waals surface area contributed by atoms with E-state index < -0.39 is 0 Å². The van der Waals surface area contributed by atoms with E-state index in [0.717, 1.165) is 34.8 Å². The fraction of sp³-hybridized carbons (Fsp3) is 0.280. The predicted molar refractivity (Wildman–Crippen MR) is 120 cm³/mol. The second-order valence-electron chi connectivity index (χ2n) is 7.31. The molecule has 1 N–H and O–H groups in total. The molecule has 156 valence electrons. The van der Waals surface area contributed by atoms with Crippen molar-refractivity contribution in [3.05, 3.63) is 71.4 Å². The molecule has 0 saturated carbocycles. The Labute approximate surface area is 177 Å². The summed E-state index contributed by atoms with van der Waals surface area (Å²) in [6.45, 7) is 6.07. The van der Waals surface area contributed by atoms with Gasteiger partial charge in [-0.3, -0.25) is 9.59 Å². The highest BCUT2D eigenvalue weighted by molar-refractivity contribution is 5.97. The number of methoxy groups -OCH3 is 1. The lowest BCUT2D eigenvalue weighted by atomic mass is 10.1. The first kappa shape index (κ1) is 21.4. The second-order valence-corrected chi connectivity index (χ2v) is 7.31. The van der Waals surface area contributed by atoms with Gasteiger partial charge in [-0.25, -0.2) is 0 Å². The molecule has 0 aliphatic carbocycles. The Morgan fingerprint density at radius 3 is 2.27 bits per heavy atom. The van der Waals surface area contributed by atoms with Gasteiger partial charge >= 0.3 is 0 Å². The first-order valence-electron chi connectivity index (χ1n) is 10.2. The molecular formula is C25H28N2O3. The number of carbonyl (C=O) groups is 2. The number of anilines is 1. The molecule has 30 heavy (non-hydrogen) atoms. The Bertz CT molecular complexity index is 1030. The van der Waals surface area contributed by atoms with E-state index in [9.17, 15) is 9.59 Å². The minimum absolute atomic E-state index is 0.0153. The second kappa shape index (κ2) is 9.44. The van der Waals surface area contributed by atoms with Crippen LogP contribution in [0.25, 0.3) is 11.3 Å². The summed E-state index contributed by atoms with van der Waals surface area (Å²) in [6.07, 6.45) is 1.28. The third-order valence-electron chi connectivity index (χ3n) is 5.34. The van der Waals surface area contributed by atoms with E-state index in [1.807, 2.05) is 66.1 Å². The van der Waals surface area contributed by atoms with Crippen molar-refractivity contribution < 1.29 is 14.3 Å². The van der Waals surface area contributed by atoms with Crippen LogP contribution in [0.3, 0.4) is 0 Å². The molecule has 0 spiro atoms. The first-order chi connectivity index (χ1) is 14.4. The topological polar surface area (TPSA) is 60.3 Å². The maximum absolute atomic E-state index is 12.5. The minimum Gasteiger partial charge on any atom is -0.497 e. The number of aromatic nitrogens is 1. The number of Topliss-reactive ketones (excluding diaryl/α,β-unsaturated/α-hetero) is 1. The molecule has 0 fully saturated rings. The van der Waals surface area contributed by atoms with Crippen molar-refractivity contribution >= 4 is 17.4 Å². The average molecular weight is 405 g/mol. The fourth-order valence-corrected chi connectivity index (χ4v) is 3.55. The van der Waals surface area contributed by atoms with E-state index in [0.29, 0.717) is 18.5 Å². The standard InChI is InChI=1S/C25H28N2O3/c1-5-19-6-10-21(11-7-19)26-25(29)14-15-27-17(2)23(18(3)28)16-24(27)20-8-12-22(30-4)13-9-20/h6-13,16H,5,14-15H2,1-4H3,(H,26,29). The maximum atomic E-state index is 12.5. The number of amides is 1. The zero-order chi connectivity index (χ0) is 21.7. The summed E-state index contributed by atoms with van der Waals surface area (Å²) in [5.41, 5.74) is 5.46. The number of hydrogen-bond acceptors (Lipinski definition) is 3. The van der Waals surface area contributed by atoms with Crippen molar-refractivity contribution in [2.24, 2.45) is 0 Å². The van der Waals surface area contributed by atoms with Gasteiger partial charge in [-0.2, -0.15) is 0 Å². The summed E-state index contributed by atoms with van der Waals surface area (Å²) in [6, 6.07) is 17.5. The summed E-state index contributed by atoms with van der Waals surface area (Å²) in [7, 11) is 1.63. The molecule has 0 bridgehead atoms. The molecule has 2 aromatic carbocycles. The molecule has 0 aliphatic rings. The molecule has 3 rings (SSSR count). The van der Waals surface area contributed by atoms with Crippen molar-refractivity contribution in [2.75, 3.05) is 12.4 Å².